The van der Waals surface area contributed by atoms with Crippen molar-refractivity contribution in [2.45, 2.75) is 41.0 Å². The number of nitro groups is 1. The van der Waals surface area contributed by atoms with E-state index in [4.69, 9.17) is 0 Å². The Balaban J connectivity index is 0. The van der Waals surface area contributed by atoms with Crippen LogP contribution < -0.4 is 0 Å². The highest BCUT2D eigenvalue weighted by molar-refractivity contribution is 5.28. The molecule has 116 valence electrons. The van der Waals surface area contributed by atoms with Gasteiger partial charge in [-0.25, -0.2) is 0 Å². The van der Waals surface area contributed by atoms with Crippen LogP contribution in [0.15, 0.2) is 60.7 Å². The van der Waals surface area contributed by atoms with Gasteiger partial charge in [-0.15, -0.1) is 0 Å². The summed E-state index contributed by atoms with van der Waals surface area (Å²) in [7, 11) is 0. The van der Waals surface area contributed by atoms with Gasteiger partial charge in [0, 0.05) is 12.1 Å². The Morgan fingerprint density at radius 3 is 1.43 bits per heavy atom. The monoisotopic (exact) mass is 289 g/mol. The first kappa shape index (κ1) is 21.1. The molecule has 0 amide bonds. The number of nitrogens with zero attached hydrogens (tertiary/aromatic N) is 1. The minimum absolute atomic E-state index is 0.137. The molecular weight excluding hydrogens is 262 g/mol. The predicted molar refractivity (Wildman–Crippen MR) is 91.6 cm³/mol. The summed E-state index contributed by atoms with van der Waals surface area (Å²) < 4.78 is 0. The highest BCUT2D eigenvalue weighted by Gasteiger charge is 1.98. The Morgan fingerprint density at radius 1 is 0.810 bits per heavy atom. The van der Waals surface area contributed by atoms with Gasteiger partial charge in [-0.1, -0.05) is 83.1 Å². The second-order valence-corrected chi connectivity index (χ2v) is 3.43. The second kappa shape index (κ2) is 15.9. The zero-order valence-electron chi connectivity index (χ0n) is 13.7. The van der Waals surface area contributed by atoms with Crippen LogP contribution in [0.5, 0.6) is 0 Å². The maximum atomic E-state index is 10.0. The van der Waals surface area contributed by atoms with Crippen LogP contribution in [-0.2, 0) is 6.42 Å². The highest BCUT2D eigenvalue weighted by Crippen LogP contribution is 2.06. The van der Waals surface area contributed by atoms with Gasteiger partial charge in [0.05, 0.1) is 4.92 Å². The lowest BCUT2D eigenvalue weighted by Gasteiger charge is -1.89. The molecule has 0 aliphatic heterocycles. The molecule has 0 unspecified atom stereocenters. The van der Waals surface area contributed by atoms with E-state index in [0.717, 1.165) is 6.42 Å². The van der Waals surface area contributed by atoms with E-state index >= 15 is 0 Å². The first-order valence-corrected chi connectivity index (χ1v) is 7.47. The number of para-hydroxylation sites is 1. The molecule has 0 aliphatic carbocycles. The van der Waals surface area contributed by atoms with Crippen molar-refractivity contribution in [3.8, 4) is 0 Å². The Kier molecular flexibility index (Phi) is 16.0. The lowest BCUT2D eigenvalue weighted by molar-refractivity contribution is -0.384. The molecule has 3 heteroatoms. The van der Waals surface area contributed by atoms with Crippen LogP contribution in [0.2, 0.25) is 0 Å². The van der Waals surface area contributed by atoms with Crippen molar-refractivity contribution in [3.05, 3.63) is 76.3 Å². The summed E-state index contributed by atoms with van der Waals surface area (Å²) >= 11 is 0. The topological polar surface area (TPSA) is 43.1 Å². The normalized spacial score (nSPS) is 7.86. The van der Waals surface area contributed by atoms with Gasteiger partial charge in [-0.2, -0.15) is 0 Å². The van der Waals surface area contributed by atoms with Gasteiger partial charge < -0.3 is 0 Å². The molecule has 0 fully saturated rings. The summed E-state index contributed by atoms with van der Waals surface area (Å²) in [4.78, 5) is 9.59. The summed E-state index contributed by atoms with van der Waals surface area (Å²) in [5.74, 6) is 0. The SMILES string of the molecule is CC.CC.CCc1ccccc1.O=[N+]([O-])c1ccccc1. The number of aryl methyl sites for hydroxylation is 1. The van der Waals surface area contributed by atoms with Gasteiger partial charge in [0.25, 0.3) is 5.69 Å². The van der Waals surface area contributed by atoms with E-state index < -0.39 is 4.92 Å². The van der Waals surface area contributed by atoms with E-state index in [2.05, 4.69) is 31.2 Å². The first-order valence-electron chi connectivity index (χ1n) is 7.47. The van der Waals surface area contributed by atoms with E-state index in [9.17, 15) is 10.1 Å². The molecule has 0 saturated heterocycles. The summed E-state index contributed by atoms with van der Waals surface area (Å²) in [5.41, 5.74) is 1.55. The molecule has 2 rings (SSSR count). The molecule has 3 nitrogen and oxygen atoms in total. The summed E-state index contributed by atoms with van der Waals surface area (Å²) in [6.07, 6.45) is 1.14. The molecule has 2 aromatic rings. The van der Waals surface area contributed by atoms with E-state index in [1.165, 1.54) is 17.7 Å². The number of benzene rings is 2. The minimum atomic E-state index is -0.417. The molecule has 0 heterocycles. The van der Waals surface area contributed by atoms with Crippen molar-refractivity contribution in [2.24, 2.45) is 0 Å². The van der Waals surface area contributed by atoms with Gasteiger partial charge in [0.1, 0.15) is 0 Å². The molecule has 0 aromatic heterocycles. The largest absolute Gasteiger partial charge is 0.269 e. The molecule has 2 aromatic carbocycles. The van der Waals surface area contributed by atoms with Crippen molar-refractivity contribution >= 4 is 5.69 Å². The molecule has 0 bridgehead atoms. The lowest BCUT2D eigenvalue weighted by Crippen LogP contribution is -1.84. The van der Waals surface area contributed by atoms with Crippen LogP contribution in [0.25, 0.3) is 0 Å². The number of nitro benzene ring substituents is 1. The quantitative estimate of drug-likeness (QED) is 0.510. The number of hydrogen-bond acceptors (Lipinski definition) is 2. The van der Waals surface area contributed by atoms with Crippen molar-refractivity contribution in [2.75, 3.05) is 0 Å². The number of rotatable bonds is 2. The van der Waals surface area contributed by atoms with E-state index in [0.29, 0.717) is 0 Å². The highest BCUT2D eigenvalue weighted by atomic mass is 16.6. The van der Waals surface area contributed by atoms with Crippen molar-refractivity contribution in [1.29, 1.82) is 0 Å². The van der Waals surface area contributed by atoms with Crippen LogP contribution in [0.1, 0.15) is 40.2 Å². The van der Waals surface area contributed by atoms with Crippen LogP contribution >= 0.6 is 0 Å². The first-order chi connectivity index (χ1) is 10.2. The maximum absolute atomic E-state index is 10.0. The van der Waals surface area contributed by atoms with Crippen LogP contribution in [0, 0.1) is 10.1 Å². The average Bonchev–Trinajstić information content (AvgIpc) is 2.60. The Labute approximate surface area is 128 Å². The predicted octanol–water partition coefficient (Wildman–Crippen LogP) is 5.90. The molecule has 0 atom stereocenters. The molecule has 0 radical (unpaired) electrons. The average molecular weight is 289 g/mol. The standard InChI is InChI=1S/C8H10.C6H5NO2.2C2H6/c1-2-8-6-4-3-5-7-8;8-7(9)6-4-2-1-3-5-6;2*1-2/h3-7H,2H2,1H3;1-5H;2*1-2H3. The molecule has 0 saturated carbocycles. The van der Waals surface area contributed by atoms with E-state index in [1.807, 2.05) is 33.8 Å². The molecule has 0 N–H and O–H groups in total. The zero-order valence-corrected chi connectivity index (χ0v) is 13.7. The molecule has 21 heavy (non-hydrogen) atoms. The maximum Gasteiger partial charge on any atom is 0.269 e. The van der Waals surface area contributed by atoms with Gasteiger partial charge in [-0.05, 0) is 12.0 Å². The minimum Gasteiger partial charge on any atom is -0.258 e. The van der Waals surface area contributed by atoms with Gasteiger partial charge >= 0.3 is 0 Å². The third-order valence-corrected chi connectivity index (χ3v) is 2.22. The van der Waals surface area contributed by atoms with Gasteiger partial charge in [-0.3, -0.25) is 10.1 Å². The fraction of sp³-hybridized carbons (Fsp3) is 0.333. The summed E-state index contributed by atoms with van der Waals surface area (Å²) in [6, 6.07) is 18.4. The zero-order chi connectivity index (χ0) is 16.5. The van der Waals surface area contributed by atoms with Crippen LogP contribution in [0.3, 0.4) is 0 Å². The van der Waals surface area contributed by atoms with E-state index in [1.54, 1.807) is 18.2 Å². The Hall–Kier alpha value is -2.16. The smallest absolute Gasteiger partial charge is 0.258 e. The van der Waals surface area contributed by atoms with Gasteiger partial charge in [0.2, 0.25) is 0 Å². The Morgan fingerprint density at radius 2 is 1.19 bits per heavy atom. The van der Waals surface area contributed by atoms with E-state index in [-0.39, 0.29) is 5.69 Å². The third-order valence-electron chi connectivity index (χ3n) is 2.22. The van der Waals surface area contributed by atoms with Crippen molar-refractivity contribution < 1.29 is 4.92 Å². The number of hydrogen-bond donors (Lipinski definition) is 0. The summed E-state index contributed by atoms with van der Waals surface area (Å²) in [5, 5.41) is 10.0. The Bertz CT molecular complexity index is 441. The van der Waals surface area contributed by atoms with Crippen molar-refractivity contribution in [3.63, 3.8) is 0 Å². The van der Waals surface area contributed by atoms with Crippen LogP contribution in [-0.4, -0.2) is 4.92 Å². The van der Waals surface area contributed by atoms with Gasteiger partial charge in [0.15, 0.2) is 0 Å². The van der Waals surface area contributed by atoms with Crippen LogP contribution in [0.4, 0.5) is 5.69 Å². The molecule has 0 spiro atoms. The third kappa shape index (κ3) is 11.4. The molecular formula is C18H27NO2. The fourth-order valence-corrected chi connectivity index (χ4v) is 1.26. The number of non-ortho nitro benzene ring substituents is 1. The summed E-state index contributed by atoms with van der Waals surface area (Å²) in [6.45, 7) is 10.2. The fourth-order valence-electron chi connectivity index (χ4n) is 1.26. The van der Waals surface area contributed by atoms with Crippen molar-refractivity contribution in [1.82, 2.24) is 0 Å². The molecule has 0 aliphatic rings. The lowest BCUT2D eigenvalue weighted by atomic mass is 10.2. The second-order valence-electron chi connectivity index (χ2n) is 3.43.